The standard InChI is InChI=1S/C14H21N3O4/c1-9-10(12(19)16-13(20)15-9)4-5-11(18)17-7-3-6-14(2,21)8-17/h21H,3-8H2,1-2H3,(H2,15,16,19,20). The summed E-state index contributed by atoms with van der Waals surface area (Å²) in [5.74, 6) is -0.0834. The summed E-state index contributed by atoms with van der Waals surface area (Å²) in [7, 11) is 0. The Bertz CT molecular complexity index is 644. The quantitative estimate of drug-likeness (QED) is 0.710. The van der Waals surface area contributed by atoms with Gasteiger partial charge in [-0.3, -0.25) is 14.6 Å². The van der Waals surface area contributed by atoms with Crippen molar-refractivity contribution in [1.29, 1.82) is 0 Å². The highest BCUT2D eigenvalue weighted by Gasteiger charge is 2.30. The van der Waals surface area contributed by atoms with Crippen LogP contribution < -0.4 is 11.2 Å². The Morgan fingerprint density at radius 1 is 1.38 bits per heavy atom. The van der Waals surface area contributed by atoms with Gasteiger partial charge in [-0.1, -0.05) is 0 Å². The molecule has 0 radical (unpaired) electrons. The van der Waals surface area contributed by atoms with Gasteiger partial charge < -0.3 is 15.0 Å². The summed E-state index contributed by atoms with van der Waals surface area (Å²) in [5.41, 5.74) is -0.914. The Kier molecular flexibility index (Phi) is 4.32. The summed E-state index contributed by atoms with van der Waals surface area (Å²) in [6.07, 6.45) is 1.92. The Labute approximate surface area is 122 Å². The number of rotatable bonds is 3. The van der Waals surface area contributed by atoms with Gasteiger partial charge in [0.25, 0.3) is 5.56 Å². The lowest BCUT2D eigenvalue weighted by Crippen LogP contribution is -2.48. The topological polar surface area (TPSA) is 106 Å². The maximum atomic E-state index is 12.2. The van der Waals surface area contributed by atoms with Gasteiger partial charge in [-0.15, -0.1) is 0 Å². The maximum Gasteiger partial charge on any atom is 0.325 e. The van der Waals surface area contributed by atoms with Crippen LogP contribution in [-0.4, -0.2) is 44.6 Å². The lowest BCUT2D eigenvalue weighted by atomic mass is 9.95. The lowest BCUT2D eigenvalue weighted by Gasteiger charge is -2.36. The van der Waals surface area contributed by atoms with Gasteiger partial charge in [-0.2, -0.15) is 0 Å². The average molecular weight is 295 g/mol. The molecule has 0 bridgehead atoms. The molecule has 1 amide bonds. The molecule has 7 heteroatoms. The van der Waals surface area contributed by atoms with Crippen molar-refractivity contribution in [2.45, 2.75) is 45.1 Å². The molecule has 1 aliphatic rings. The summed E-state index contributed by atoms with van der Waals surface area (Å²) >= 11 is 0. The van der Waals surface area contributed by atoms with Crippen LogP contribution in [0.15, 0.2) is 9.59 Å². The van der Waals surface area contributed by atoms with Gasteiger partial charge in [0.05, 0.1) is 5.60 Å². The molecule has 1 saturated heterocycles. The second-order valence-corrected chi connectivity index (χ2v) is 5.93. The molecule has 116 valence electrons. The molecule has 0 spiro atoms. The monoisotopic (exact) mass is 295 g/mol. The number of nitrogens with one attached hydrogen (secondary N) is 2. The SMILES string of the molecule is Cc1[nH]c(=O)[nH]c(=O)c1CCC(=O)N1CCCC(C)(O)C1. The molecule has 1 aromatic rings. The van der Waals surface area contributed by atoms with E-state index in [1.165, 1.54) is 0 Å². The number of piperidine rings is 1. The Morgan fingerprint density at radius 3 is 2.71 bits per heavy atom. The molecule has 1 aromatic heterocycles. The number of carbonyl (C=O) groups excluding carboxylic acids is 1. The fourth-order valence-electron chi connectivity index (χ4n) is 2.75. The molecular weight excluding hydrogens is 274 g/mol. The van der Waals surface area contributed by atoms with Gasteiger partial charge >= 0.3 is 5.69 Å². The third kappa shape index (κ3) is 3.81. The minimum Gasteiger partial charge on any atom is -0.388 e. The van der Waals surface area contributed by atoms with Crippen LogP contribution in [0.5, 0.6) is 0 Å². The maximum absolute atomic E-state index is 12.2. The zero-order valence-corrected chi connectivity index (χ0v) is 12.4. The molecule has 1 unspecified atom stereocenters. The smallest absolute Gasteiger partial charge is 0.325 e. The predicted octanol–water partition coefficient (Wildman–Crippen LogP) is -0.322. The highest BCUT2D eigenvalue weighted by Crippen LogP contribution is 2.21. The molecule has 2 rings (SSSR count). The number of nitrogens with zero attached hydrogens (tertiary/aromatic N) is 1. The fourth-order valence-corrected chi connectivity index (χ4v) is 2.75. The highest BCUT2D eigenvalue weighted by atomic mass is 16.3. The molecule has 2 heterocycles. The molecular formula is C14H21N3O4. The first-order valence-electron chi connectivity index (χ1n) is 7.11. The predicted molar refractivity (Wildman–Crippen MR) is 77.2 cm³/mol. The van der Waals surface area contributed by atoms with E-state index in [-0.39, 0.29) is 18.7 Å². The Morgan fingerprint density at radius 2 is 2.10 bits per heavy atom. The number of amides is 1. The minimum absolute atomic E-state index is 0.0834. The highest BCUT2D eigenvalue weighted by molar-refractivity contribution is 5.76. The summed E-state index contributed by atoms with van der Waals surface area (Å²) in [6, 6.07) is 0. The zero-order valence-electron chi connectivity index (χ0n) is 12.4. The van der Waals surface area contributed by atoms with Gasteiger partial charge in [0.1, 0.15) is 0 Å². The third-order valence-electron chi connectivity index (χ3n) is 3.87. The van der Waals surface area contributed by atoms with E-state index in [4.69, 9.17) is 0 Å². The molecule has 0 aliphatic carbocycles. The van der Waals surface area contributed by atoms with Crippen LogP contribution in [0.1, 0.15) is 37.4 Å². The number of likely N-dealkylation sites (tertiary alicyclic amines) is 1. The van der Waals surface area contributed by atoms with E-state index in [0.29, 0.717) is 30.8 Å². The van der Waals surface area contributed by atoms with Gasteiger partial charge in [-0.25, -0.2) is 4.79 Å². The van der Waals surface area contributed by atoms with E-state index in [2.05, 4.69) is 9.97 Å². The van der Waals surface area contributed by atoms with Crippen LogP contribution in [0, 0.1) is 6.92 Å². The molecule has 0 saturated carbocycles. The van der Waals surface area contributed by atoms with Crippen LogP contribution in [0.25, 0.3) is 0 Å². The van der Waals surface area contributed by atoms with E-state index in [1.54, 1.807) is 18.7 Å². The number of hydrogen-bond acceptors (Lipinski definition) is 4. The van der Waals surface area contributed by atoms with E-state index in [0.717, 1.165) is 6.42 Å². The summed E-state index contributed by atoms with van der Waals surface area (Å²) < 4.78 is 0. The van der Waals surface area contributed by atoms with Crippen LogP contribution in [-0.2, 0) is 11.2 Å². The van der Waals surface area contributed by atoms with Crippen LogP contribution in [0.4, 0.5) is 0 Å². The Balaban J connectivity index is 2.02. The second-order valence-electron chi connectivity index (χ2n) is 5.93. The Hall–Kier alpha value is -1.89. The normalized spacial score (nSPS) is 22.3. The second kappa shape index (κ2) is 5.85. The van der Waals surface area contributed by atoms with Crippen molar-refractivity contribution in [3.8, 4) is 0 Å². The van der Waals surface area contributed by atoms with Crippen molar-refractivity contribution in [1.82, 2.24) is 14.9 Å². The summed E-state index contributed by atoms with van der Waals surface area (Å²) in [6.45, 7) is 4.33. The molecule has 1 fully saturated rings. The number of aliphatic hydroxyl groups is 1. The van der Waals surface area contributed by atoms with E-state index >= 15 is 0 Å². The lowest BCUT2D eigenvalue weighted by molar-refractivity contribution is -0.137. The zero-order chi connectivity index (χ0) is 15.6. The van der Waals surface area contributed by atoms with E-state index in [1.807, 2.05) is 0 Å². The van der Waals surface area contributed by atoms with Crippen LogP contribution in [0.2, 0.25) is 0 Å². The van der Waals surface area contributed by atoms with Gasteiger partial charge in [0, 0.05) is 30.8 Å². The number of aromatic amines is 2. The number of β-amino-alcohol motifs (C(OH)–C–C–N with tert-alkyl or cyclic N) is 1. The summed E-state index contributed by atoms with van der Waals surface area (Å²) in [5, 5.41) is 10.0. The molecule has 1 atom stereocenters. The number of aromatic nitrogens is 2. The number of H-pyrrole nitrogens is 2. The minimum atomic E-state index is -0.834. The number of aryl methyl sites for hydroxylation is 1. The molecule has 3 N–H and O–H groups in total. The van der Waals surface area contributed by atoms with Crippen LogP contribution in [0.3, 0.4) is 0 Å². The van der Waals surface area contributed by atoms with Crippen molar-refractivity contribution in [3.63, 3.8) is 0 Å². The number of hydrogen-bond donors (Lipinski definition) is 3. The van der Waals surface area contributed by atoms with Crippen molar-refractivity contribution >= 4 is 5.91 Å². The molecule has 21 heavy (non-hydrogen) atoms. The van der Waals surface area contributed by atoms with Crippen molar-refractivity contribution in [2.24, 2.45) is 0 Å². The first-order chi connectivity index (χ1) is 9.78. The van der Waals surface area contributed by atoms with E-state index in [9.17, 15) is 19.5 Å². The molecule has 1 aliphatic heterocycles. The third-order valence-corrected chi connectivity index (χ3v) is 3.87. The van der Waals surface area contributed by atoms with Gasteiger partial charge in [-0.05, 0) is 33.1 Å². The van der Waals surface area contributed by atoms with Crippen molar-refractivity contribution in [3.05, 3.63) is 32.1 Å². The number of carbonyl (C=O) groups is 1. The first kappa shape index (κ1) is 15.5. The molecule has 7 nitrogen and oxygen atoms in total. The van der Waals surface area contributed by atoms with Crippen LogP contribution >= 0.6 is 0 Å². The molecule has 0 aromatic carbocycles. The van der Waals surface area contributed by atoms with Crippen molar-refractivity contribution < 1.29 is 9.90 Å². The van der Waals surface area contributed by atoms with Crippen molar-refractivity contribution in [2.75, 3.05) is 13.1 Å². The summed E-state index contributed by atoms with van der Waals surface area (Å²) in [4.78, 5) is 41.3. The fraction of sp³-hybridized carbons (Fsp3) is 0.643. The van der Waals surface area contributed by atoms with Gasteiger partial charge in [0.15, 0.2) is 0 Å². The van der Waals surface area contributed by atoms with E-state index < -0.39 is 16.9 Å². The first-order valence-corrected chi connectivity index (χ1v) is 7.11. The largest absolute Gasteiger partial charge is 0.388 e. The van der Waals surface area contributed by atoms with Gasteiger partial charge in [0.2, 0.25) is 5.91 Å². The average Bonchev–Trinajstić information content (AvgIpc) is 2.35.